The topological polar surface area (TPSA) is 18.5 Å². The van der Waals surface area contributed by atoms with E-state index in [4.69, 9.17) is 9.47 Å². The molecule has 175 valence electrons. The van der Waals surface area contributed by atoms with Gasteiger partial charge in [-0.3, -0.25) is 0 Å². The second-order valence-corrected chi connectivity index (χ2v) is 11.3. The van der Waals surface area contributed by atoms with Crippen LogP contribution in [-0.2, 0) is 22.4 Å². The van der Waals surface area contributed by atoms with Crippen LogP contribution in [-0.4, -0.2) is 25.5 Å². The third kappa shape index (κ3) is 6.10. The van der Waals surface area contributed by atoms with Crippen molar-refractivity contribution in [3.8, 4) is 22.6 Å². The average molecular weight is 644 g/mol. The van der Waals surface area contributed by atoms with Crippen molar-refractivity contribution in [3.05, 3.63) is 42.5 Å². The molecule has 2 aromatic rings. The van der Waals surface area contributed by atoms with Crippen molar-refractivity contribution in [1.29, 1.82) is 0 Å². The Labute approximate surface area is 211 Å². The summed E-state index contributed by atoms with van der Waals surface area (Å²) >= 11 is 0. The van der Waals surface area contributed by atoms with E-state index in [2.05, 4.69) is 36.4 Å². The molecule has 0 aliphatic heterocycles. The SMILES string of the molecule is COc1cccc(OC)c1-c1ccccc1P(C1CCCCC1)C1CCCCC1.Cl.[Au]. The summed E-state index contributed by atoms with van der Waals surface area (Å²) in [7, 11) is 3.36. The van der Waals surface area contributed by atoms with Gasteiger partial charge in [-0.25, -0.2) is 0 Å². The van der Waals surface area contributed by atoms with Crippen molar-refractivity contribution in [3.63, 3.8) is 0 Å². The van der Waals surface area contributed by atoms with E-state index in [0.717, 1.165) is 28.4 Å². The van der Waals surface area contributed by atoms with Gasteiger partial charge in [0.1, 0.15) is 11.5 Å². The normalized spacial score (nSPS) is 17.5. The second kappa shape index (κ2) is 13.3. The Kier molecular flexibility index (Phi) is 11.4. The zero-order valence-corrected chi connectivity index (χ0v) is 22.6. The summed E-state index contributed by atoms with van der Waals surface area (Å²) < 4.78 is 11.6. The van der Waals surface area contributed by atoms with Crippen LogP contribution in [0.1, 0.15) is 64.2 Å². The zero-order valence-electron chi connectivity index (χ0n) is 18.7. The predicted octanol–water partition coefficient (Wildman–Crippen LogP) is 7.56. The van der Waals surface area contributed by atoms with Gasteiger partial charge < -0.3 is 9.47 Å². The standard InChI is InChI=1S/C26H35O2P.Au.ClH/c1-27-23-17-11-18-24(28-2)26(23)22-16-9-10-19-25(22)29(20-12-5-3-6-13-20)21-14-7-4-8-15-21;;/h9-11,16-21H,3-8,12-15H2,1-2H3;;1H. The van der Waals surface area contributed by atoms with Crippen LogP contribution in [0, 0.1) is 0 Å². The molecule has 2 nitrogen and oxygen atoms in total. The Morgan fingerprint density at radius 2 is 1.16 bits per heavy atom. The molecule has 2 aliphatic carbocycles. The largest absolute Gasteiger partial charge is 0.496 e. The van der Waals surface area contributed by atoms with Gasteiger partial charge >= 0.3 is 0 Å². The molecule has 0 N–H and O–H groups in total. The van der Waals surface area contributed by atoms with Gasteiger partial charge in [0.15, 0.2) is 0 Å². The van der Waals surface area contributed by atoms with E-state index in [1.54, 1.807) is 19.5 Å². The van der Waals surface area contributed by atoms with Crippen LogP contribution in [0.4, 0.5) is 0 Å². The zero-order chi connectivity index (χ0) is 20.1. The fraction of sp³-hybridized carbons (Fsp3) is 0.538. The molecule has 5 heteroatoms. The van der Waals surface area contributed by atoms with Gasteiger partial charge in [0.25, 0.3) is 0 Å². The molecule has 0 spiro atoms. The fourth-order valence-corrected chi connectivity index (χ4v) is 9.39. The van der Waals surface area contributed by atoms with E-state index < -0.39 is 0 Å². The van der Waals surface area contributed by atoms with E-state index in [1.165, 1.54) is 69.8 Å². The summed E-state index contributed by atoms with van der Waals surface area (Å²) in [6, 6.07) is 15.3. The fourth-order valence-electron chi connectivity index (χ4n) is 5.44. The van der Waals surface area contributed by atoms with Gasteiger partial charge in [-0.1, -0.05) is 76.8 Å². The molecule has 0 aromatic heterocycles. The minimum atomic E-state index is -0.182. The summed E-state index contributed by atoms with van der Waals surface area (Å²) in [5, 5.41) is 1.59. The molecular formula is C26H36AuClO2P. The maximum absolute atomic E-state index is 5.80. The number of hydrogen-bond acceptors (Lipinski definition) is 2. The summed E-state index contributed by atoms with van der Waals surface area (Å²) in [5.41, 5.74) is 4.23. The quantitative estimate of drug-likeness (QED) is 0.239. The Morgan fingerprint density at radius 3 is 1.65 bits per heavy atom. The van der Waals surface area contributed by atoms with E-state index in [0.29, 0.717) is 0 Å². The first-order chi connectivity index (χ1) is 14.3. The summed E-state index contributed by atoms with van der Waals surface area (Å²) in [6.07, 6.45) is 14.2. The molecule has 2 fully saturated rings. The Balaban J connectivity index is 0.00000171. The Morgan fingerprint density at radius 1 is 0.677 bits per heavy atom. The van der Waals surface area contributed by atoms with Gasteiger partial charge in [-0.05, 0) is 60.0 Å². The first kappa shape index (κ1) is 26.8. The molecule has 2 saturated carbocycles. The van der Waals surface area contributed by atoms with Gasteiger partial charge in [0, 0.05) is 22.4 Å². The van der Waals surface area contributed by atoms with Gasteiger partial charge in [-0.2, -0.15) is 0 Å². The molecule has 0 bridgehead atoms. The molecule has 4 rings (SSSR count). The number of halogens is 1. The van der Waals surface area contributed by atoms with Crippen LogP contribution in [0.5, 0.6) is 11.5 Å². The first-order valence-corrected chi connectivity index (χ1v) is 12.9. The van der Waals surface area contributed by atoms with Crippen LogP contribution in [0.25, 0.3) is 11.1 Å². The number of ether oxygens (including phenoxy) is 2. The minimum Gasteiger partial charge on any atom is -0.496 e. The predicted molar refractivity (Wildman–Crippen MR) is 133 cm³/mol. The van der Waals surface area contributed by atoms with Crippen LogP contribution in [0.2, 0.25) is 0 Å². The van der Waals surface area contributed by atoms with Gasteiger partial charge in [-0.15, -0.1) is 12.4 Å². The van der Waals surface area contributed by atoms with E-state index in [9.17, 15) is 0 Å². The molecule has 2 aromatic carbocycles. The van der Waals surface area contributed by atoms with Crippen molar-refractivity contribution in [2.45, 2.75) is 75.5 Å². The van der Waals surface area contributed by atoms with Crippen LogP contribution in [0.15, 0.2) is 42.5 Å². The minimum absolute atomic E-state index is 0. The molecule has 0 amide bonds. The van der Waals surface area contributed by atoms with E-state index in [1.807, 2.05) is 6.07 Å². The Bertz CT molecular complexity index is 763. The molecule has 0 saturated heterocycles. The van der Waals surface area contributed by atoms with Crippen LogP contribution >= 0.6 is 20.3 Å². The third-order valence-corrected chi connectivity index (χ3v) is 10.4. The molecule has 1 radical (unpaired) electrons. The maximum atomic E-state index is 5.80. The van der Waals surface area contributed by atoms with Crippen molar-refractivity contribution < 1.29 is 31.9 Å². The number of hydrogen-bond donors (Lipinski definition) is 0. The van der Waals surface area contributed by atoms with Gasteiger partial charge in [0.2, 0.25) is 0 Å². The third-order valence-electron chi connectivity index (χ3n) is 6.82. The average Bonchev–Trinajstić information content (AvgIpc) is 2.80. The van der Waals surface area contributed by atoms with Crippen molar-refractivity contribution in [2.75, 3.05) is 14.2 Å². The van der Waals surface area contributed by atoms with Crippen LogP contribution in [0.3, 0.4) is 0 Å². The van der Waals surface area contributed by atoms with Crippen molar-refractivity contribution in [1.82, 2.24) is 0 Å². The van der Waals surface area contributed by atoms with Gasteiger partial charge in [0.05, 0.1) is 19.8 Å². The number of benzene rings is 2. The molecule has 0 atom stereocenters. The number of methoxy groups -OCH3 is 2. The van der Waals surface area contributed by atoms with E-state index >= 15 is 0 Å². The summed E-state index contributed by atoms with van der Waals surface area (Å²) in [4.78, 5) is 0. The van der Waals surface area contributed by atoms with Crippen LogP contribution < -0.4 is 14.8 Å². The smallest absolute Gasteiger partial charge is 0.130 e. The molecule has 2 aliphatic rings. The number of rotatable bonds is 6. The summed E-state index contributed by atoms with van der Waals surface area (Å²) in [6.45, 7) is 0. The maximum Gasteiger partial charge on any atom is 0.130 e. The van der Waals surface area contributed by atoms with E-state index in [-0.39, 0.29) is 42.7 Å². The molecule has 0 heterocycles. The molecule has 31 heavy (non-hydrogen) atoms. The summed E-state index contributed by atoms with van der Waals surface area (Å²) in [5.74, 6) is 1.83. The molecular weight excluding hydrogens is 608 g/mol. The van der Waals surface area contributed by atoms with Crippen molar-refractivity contribution >= 4 is 25.6 Å². The molecule has 0 unspecified atom stereocenters. The second-order valence-electron chi connectivity index (χ2n) is 8.55. The monoisotopic (exact) mass is 643 g/mol. The first-order valence-electron chi connectivity index (χ1n) is 11.4. The Hall–Kier alpha value is -0.500. The van der Waals surface area contributed by atoms with Crippen molar-refractivity contribution in [2.24, 2.45) is 0 Å².